The number of rotatable bonds is 32. The quantitative estimate of drug-likeness (QED) is 0.0460. The molecule has 0 aliphatic heterocycles. The van der Waals surface area contributed by atoms with E-state index in [9.17, 15) is 14.4 Å². The maximum Gasteiger partial charge on any atom is 0.407 e. The molecule has 0 aromatic carbocycles. The predicted molar refractivity (Wildman–Crippen MR) is 263 cm³/mol. The lowest BCUT2D eigenvalue weighted by Gasteiger charge is -2.58. The Kier molecular flexibility index (Phi) is 24.5. The molecule has 0 aromatic rings. The van der Waals surface area contributed by atoms with Gasteiger partial charge < -0.3 is 26.0 Å². The van der Waals surface area contributed by atoms with Crippen LogP contribution in [0, 0.1) is 46.3 Å². The van der Waals surface area contributed by atoms with E-state index in [1.54, 1.807) is 10.5 Å². The number of allylic oxidation sites excluding steroid dienone is 1. The summed E-state index contributed by atoms with van der Waals surface area (Å²) in [5.74, 6) is 5.00. The fraction of sp³-hybridized carbons (Fsp3) is 0.909. The predicted octanol–water partition coefficient (Wildman–Crippen LogP) is 13.5. The molecule has 0 bridgehead atoms. The van der Waals surface area contributed by atoms with Crippen molar-refractivity contribution in [2.75, 3.05) is 32.7 Å². The molecule has 4 aliphatic rings. The van der Waals surface area contributed by atoms with Gasteiger partial charge in [-0.25, -0.2) is 4.79 Å². The first-order valence-electron chi connectivity index (χ1n) is 27.3. The summed E-state index contributed by atoms with van der Waals surface area (Å²) in [6.07, 6.45) is 37.3. The van der Waals surface area contributed by atoms with Crippen molar-refractivity contribution in [3.05, 3.63) is 11.6 Å². The van der Waals surface area contributed by atoms with Gasteiger partial charge in [-0.1, -0.05) is 156 Å². The first-order valence-corrected chi connectivity index (χ1v) is 27.3. The van der Waals surface area contributed by atoms with Gasteiger partial charge in [0.05, 0.1) is 6.54 Å². The fourth-order valence-electron chi connectivity index (χ4n) is 13.2. The lowest BCUT2D eigenvalue weighted by Crippen LogP contribution is -2.51. The van der Waals surface area contributed by atoms with Crippen LogP contribution < -0.4 is 16.4 Å². The van der Waals surface area contributed by atoms with Crippen LogP contribution in [0.15, 0.2) is 11.6 Å². The average molecular weight is 881 g/mol. The third-order valence-corrected chi connectivity index (χ3v) is 17.0. The summed E-state index contributed by atoms with van der Waals surface area (Å²) in [4.78, 5) is 40.8. The standard InChI is InChI=1S/C55H100N4O4/c1-7-8-9-10-11-12-13-14-15-16-17-20-28-52(61)59(42-51(60)57-38-23-21-37-56)40-24-19-18-22-39-58-53(62)63-46-33-35-54(5)45(41-46)29-30-47-49-32-31-48(44(4)27-25-26-43(2)3)55(49,6)36-34-50(47)54/h29,43-44,46-50H,7-28,30-42,56H2,1-6H3,(H,57,60)(H,58,62)/t44-,46+,47+,48-,49+,50+,54+,55-/m1/s1. The van der Waals surface area contributed by atoms with E-state index >= 15 is 0 Å². The zero-order valence-corrected chi connectivity index (χ0v) is 42.0. The highest BCUT2D eigenvalue weighted by atomic mass is 16.6. The highest BCUT2D eigenvalue weighted by Crippen LogP contribution is 2.67. The molecule has 3 fully saturated rings. The fourth-order valence-corrected chi connectivity index (χ4v) is 13.2. The summed E-state index contributed by atoms with van der Waals surface area (Å²) >= 11 is 0. The van der Waals surface area contributed by atoms with E-state index in [-0.39, 0.29) is 36.0 Å². The number of amides is 3. The zero-order chi connectivity index (χ0) is 45.5. The summed E-state index contributed by atoms with van der Waals surface area (Å²) in [5, 5.41) is 6.02. The van der Waals surface area contributed by atoms with Gasteiger partial charge in [0, 0.05) is 32.5 Å². The number of hydrogen-bond acceptors (Lipinski definition) is 5. The Balaban J connectivity index is 1.11. The highest BCUT2D eigenvalue weighted by molar-refractivity contribution is 5.84. The van der Waals surface area contributed by atoms with Crippen molar-refractivity contribution >= 4 is 17.9 Å². The van der Waals surface area contributed by atoms with Gasteiger partial charge in [-0.15, -0.1) is 0 Å². The maximum absolute atomic E-state index is 13.3. The van der Waals surface area contributed by atoms with E-state index in [1.165, 1.54) is 116 Å². The molecule has 0 spiro atoms. The number of nitrogens with one attached hydrogen (secondary N) is 2. The molecule has 8 heteroatoms. The Morgan fingerprint density at radius 2 is 1.40 bits per heavy atom. The van der Waals surface area contributed by atoms with Gasteiger partial charge in [0.15, 0.2) is 0 Å². The van der Waals surface area contributed by atoms with E-state index in [0.717, 1.165) is 106 Å². The van der Waals surface area contributed by atoms with Crippen molar-refractivity contribution in [1.29, 1.82) is 0 Å². The number of alkyl carbamates (subject to hydrolysis) is 1. The summed E-state index contributed by atoms with van der Waals surface area (Å²) < 4.78 is 6.06. The van der Waals surface area contributed by atoms with Gasteiger partial charge in [0.1, 0.15) is 6.10 Å². The summed E-state index contributed by atoms with van der Waals surface area (Å²) in [5.41, 5.74) is 7.94. The molecule has 0 heterocycles. The molecular formula is C55H100N4O4. The van der Waals surface area contributed by atoms with Gasteiger partial charge in [-0.2, -0.15) is 0 Å². The molecule has 0 aromatic heterocycles. The molecule has 0 unspecified atom stereocenters. The normalized spacial score (nSPS) is 26.9. The average Bonchev–Trinajstić information content (AvgIpc) is 3.62. The van der Waals surface area contributed by atoms with E-state index in [1.807, 2.05) is 0 Å². The van der Waals surface area contributed by atoms with Gasteiger partial charge >= 0.3 is 6.09 Å². The second kappa shape index (κ2) is 28.8. The largest absolute Gasteiger partial charge is 0.446 e. The molecule has 4 rings (SSSR count). The monoisotopic (exact) mass is 881 g/mol. The van der Waals surface area contributed by atoms with Crippen LogP contribution >= 0.6 is 0 Å². The maximum atomic E-state index is 13.3. The van der Waals surface area contributed by atoms with Crippen LogP contribution in [-0.2, 0) is 14.3 Å². The summed E-state index contributed by atoms with van der Waals surface area (Å²) in [6.45, 7) is 17.4. The van der Waals surface area contributed by atoms with Gasteiger partial charge in [0.25, 0.3) is 0 Å². The van der Waals surface area contributed by atoms with Crippen molar-refractivity contribution in [3.8, 4) is 0 Å². The summed E-state index contributed by atoms with van der Waals surface area (Å²) in [6, 6.07) is 0. The lowest BCUT2D eigenvalue weighted by atomic mass is 9.47. The zero-order valence-electron chi connectivity index (χ0n) is 42.0. The van der Waals surface area contributed by atoms with E-state index < -0.39 is 0 Å². The third kappa shape index (κ3) is 17.3. The minimum absolute atomic E-state index is 0.0337. The Hall–Kier alpha value is -2.09. The summed E-state index contributed by atoms with van der Waals surface area (Å²) in [7, 11) is 0. The van der Waals surface area contributed by atoms with E-state index in [0.29, 0.717) is 38.0 Å². The number of nitrogens with zero attached hydrogens (tertiary/aromatic N) is 1. The van der Waals surface area contributed by atoms with Crippen LogP contribution in [0.4, 0.5) is 4.79 Å². The first-order chi connectivity index (χ1) is 30.4. The van der Waals surface area contributed by atoms with Crippen molar-refractivity contribution < 1.29 is 19.1 Å². The lowest BCUT2D eigenvalue weighted by molar-refractivity contribution is -0.136. The molecular weight excluding hydrogens is 781 g/mol. The molecule has 0 saturated heterocycles. The van der Waals surface area contributed by atoms with Gasteiger partial charge in [-0.05, 0) is 130 Å². The second-order valence-electron chi connectivity index (χ2n) is 22.2. The number of nitrogens with two attached hydrogens (primary N) is 1. The molecule has 8 nitrogen and oxygen atoms in total. The third-order valence-electron chi connectivity index (χ3n) is 17.0. The van der Waals surface area contributed by atoms with Crippen LogP contribution in [-0.4, -0.2) is 61.6 Å². The number of hydrogen-bond donors (Lipinski definition) is 3. The molecule has 3 amide bonds. The Morgan fingerprint density at radius 3 is 2.10 bits per heavy atom. The molecule has 4 N–H and O–H groups in total. The molecule has 364 valence electrons. The molecule has 63 heavy (non-hydrogen) atoms. The van der Waals surface area contributed by atoms with Crippen LogP contribution in [0.2, 0.25) is 0 Å². The minimum Gasteiger partial charge on any atom is -0.446 e. The minimum atomic E-state index is -0.280. The number of carbonyl (C=O) groups excluding carboxylic acids is 3. The van der Waals surface area contributed by atoms with Crippen molar-refractivity contribution in [2.45, 2.75) is 240 Å². The van der Waals surface area contributed by atoms with Crippen molar-refractivity contribution in [1.82, 2.24) is 15.5 Å². The highest BCUT2D eigenvalue weighted by Gasteiger charge is 2.59. The van der Waals surface area contributed by atoms with Crippen LogP contribution in [0.5, 0.6) is 0 Å². The van der Waals surface area contributed by atoms with E-state index in [2.05, 4.69) is 58.3 Å². The van der Waals surface area contributed by atoms with Gasteiger partial charge in [-0.3, -0.25) is 9.59 Å². The SMILES string of the molecule is CCCCCCCCCCCCCCC(=O)N(CCCCCCNC(=O)O[C@H]1CC[C@@]2(C)C(=CC[C@H]3[C@@H]4CC[C@H]([C@H](C)CCCC(C)C)[C@@]4(C)CC[C@@H]32)C1)CC(=O)NCCCCN. The number of ether oxygens (including phenoxy) is 1. The smallest absolute Gasteiger partial charge is 0.407 e. The molecule has 0 radical (unpaired) electrons. The van der Waals surface area contributed by atoms with Gasteiger partial charge in [0.2, 0.25) is 11.8 Å². The number of carbonyl (C=O) groups is 3. The Morgan fingerprint density at radius 1 is 0.746 bits per heavy atom. The van der Waals surface area contributed by atoms with Crippen LogP contribution in [0.1, 0.15) is 234 Å². The number of fused-ring (bicyclic) bond motifs is 5. The van der Waals surface area contributed by atoms with E-state index in [4.69, 9.17) is 10.5 Å². The molecule has 3 saturated carbocycles. The Labute approximate surface area is 388 Å². The van der Waals surface area contributed by atoms with Crippen molar-refractivity contribution in [2.24, 2.45) is 52.1 Å². The topological polar surface area (TPSA) is 114 Å². The van der Waals surface area contributed by atoms with Crippen molar-refractivity contribution in [3.63, 3.8) is 0 Å². The van der Waals surface area contributed by atoms with Crippen LogP contribution in [0.25, 0.3) is 0 Å². The first kappa shape index (κ1) is 53.5. The molecule has 8 atom stereocenters. The van der Waals surface area contributed by atoms with Crippen LogP contribution in [0.3, 0.4) is 0 Å². The Bertz CT molecular complexity index is 1350. The second-order valence-corrected chi connectivity index (χ2v) is 22.2. The number of unbranched alkanes of at least 4 members (excludes halogenated alkanes) is 15. The molecule has 4 aliphatic carbocycles.